The van der Waals surface area contributed by atoms with Crippen LogP contribution in [0.15, 0.2) is 18.2 Å². The summed E-state index contributed by atoms with van der Waals surface area (Å²) in [6.07, 6.45) is 2.08. The zero-order chi connectivity index (χ0) is 19.1. The lowest BCUT2D eigenvalue weighted by molar-refractivity contribution is 0.154. The molecule has 1 unspecified atom stereocenters. The Morgan fingerprint density at radius 1 is 1.19 bits per heavy atom. The molecular formula is C21H25FN4S. The number of likely N-dealkylation sites (tertiary alicyclic amines) is 1. The molecule has 0 saturated carbocycles. The lowest BCUT2D eigenvalue weighted by Gasteiger charge is -2.37. The van der Waals surface area contributed by atoms with Gasteiger partial charge in [0.05, 0.1) is 21.1 Å². The van der Waals surface area contributed by atoms with Crippen molar-refractivity contribution in [2.24, 2.45) is 0 Å². The van der Waals surface area contributed by atoms with Crippen molar-refractivity contribution < 1.29 is 4.39 Å². The van der Waals surface area contributed by atoms with E-state index in [1.54, 1.807) is 18.3 Å². The van der Waals surface area contributed by atoms with E-state index in [9.17, 15) is 4.39 Å². The first-order chi connectivity index (χ1) is 12.9. The first kappa shape index (κ1) is 18.4. The maximum absolute atomic E-state index is 14.7. The summed E-state index contributed by atoms with van der Waals surface area (Å²) in [5.74, 6) is 0.0597. The van der Waals surface area contributed by atoms with Gasteiger partial charge in [-0.1, -0.05) is 0 Å². The molecule has 4 heterocycles. The highest BCUT2D eigenvalue weighted by atomic mass is 32.1. The monoisotopic (exact) mass is 384 g/mol. The fourth-order valence-electron chi connectivity index (χ4n) is 4.11. The lowest BCUT2D eigenvalue weighted by atomic mass is 9.89. The number of hydrogen-bond acceptors (Lipinski definition) is 5. The van der Waals surface area contributed by atoms with Crippen LogP contribution >= 0.6 is 11.3 Å². The van der Waals surface area contributed by atoms with Crippen molar-refractivity contribution in [2.75, 3.05) is 13.1 Å². The summed E-state index contributed by atoms with van der Waals surface area (Å²) in [4.78, 5) is 16.0. The van der Waals surface area contributed by atoms with Crippen LogP contribution in [-0.4, -0.2) is 32.9 Å². The van der Waals surface area contributed by atoms with E-state index in [-0.39, 0.29) is 17.8 Å². The van der Waals surface area contributed by atoms with Crippen molar-refractivity contribution in [2.45, 2.75) is 52.5 Å². The zero-order valence-electron chi connectivity index (χ0n) is 16.3. The fourth-order valence-corrected chi connectivity index (χ4v) is 4.88. The molecule has 6 heteroatoms. The van der Waals surface area contributed by atoms with Crippen LogP contribution in [0.4, 0.5) is 4.39 Å². The van der Waals surface area contributed by atoms with E-state index >= 15 is 0 Å². The predicted molar refractivity (Wildman–Crippen MR) is 108 cm³/mol. The molecular weight excluding hydrogens is 359 g/mol. The molecule has 1 fully saturated rings. The second-order valence-electron chi connectivity index (χ2n) is 7.55. The van der Waals surface area contributed by atoms with Gasteiger partial charge in [0, 0.05) is 18.3 Å². The molecule has 0 bridgehead atoms. The summed E-state index contributed by atoms with van der Waals surface area (Å²) in [6, 6.07) is 6.33. The number of thiazole rings is 1. The fraction of sp³-hybridized carbons (Fsp3) is 0.476. The Balaban J connectivity index is 1.58. The SMILES string of the molecule is Cc1cc(C2CCCN([C@H](C)c3ccc4sc(C)nc4n3)C2)c(F)c(C)n1. The van der Waals surface area contributed by atoms with Crippen molar-refractivity contribution >= 4 is 21.7 Å². The number of hydrogen-bond donors (Lipinski definition) is 0. The van der Waals surface area contributed by atoms with Crippen LogP contribution in [0.25, 0.3) is 10.3 Å². The van der Waals surface area contributed by atoms with E-state index in [1.807, 2.05) is 19.9 Å². The molecule has 0 aromatic carbocycles. The van der Waals surface area contributed by atoms with Gasteiger partial charge in [-0.15, -0.1) is 11.3 Å². The second-order valence-corrected chi connectivity index (χ2v) is 8.79. The molecule has 0 spiro atoms. The summed E-state index contributed by atoms with van der Waals surface area (Å²) >= 11 is 1.68. The molecule has 4 nitrogen and oxygen atoms in total. The van der Waals surface area contributed by atoms with E-state index in [0.717, 1.165) is 58.2 Å². The Labute approximate surface area is 163 Å². The molecule has 1 aliphatic heterocycles. The topological polar surface area (TPSA) is 41.9 Å². The summed E-state index contributed by atoms with van der Waals surface area (Å²) in [6.45, 7) is 9.75. The maximum atomic E-state index is 14.7. The highest BCUT2D eigenvalue weighted by molar-refractivity contribution is 7.18. The van der Waals surface area contributed by atoms with Gasteiger partial charge in [0.2, 0.25) is 0 Å². The Morgan fingerprint density at radius 2 is 2.00 bits per heavy atom. The highest BCUT2D eigenvalue weighted by Gasteiger charge is 2.28. The van der Waals surface area contributed by atoms with Gasteiger partial charge in [-0.25, -0.2) is 14.4 Å². The van der Waals surface area contributed by atoms with Crippen LogP contribution in [0.1, 0.15) is 59.4 Å². The van der Waals surface area contributed by atoms with E-state index in [2.05, 4.69) is 33.9 Å². The molecule has 1 saturated heterocycles. The minimum atomic E-state index is -0.141. The number of rotatable bonds is 3. The molecule has 142 valence electrons. The number of piperidine rings is 1. The quantitative estimate of drug-likeness (QED) is 0.631. The van der Waals surface area contributed by atoms with Gasteiger partial charge in [0.15, 0.2) is 5.65 Å². The zero-order valence-corrected chi connectivity index (χ0v) is 17.1. The van der Waals surface area contributed by atoms with Crippen molar-refractivity contribution in [3.63, 3.8) is 0 Å². The maximum Gasteiger partial charge on any atom is 0.170 e. The molecule has 3 aromatic heterocycles. The number of halogens is 1. The van der Waals surface area contributed by atoms with E-state index in [4.69, 9.17) is 4.98 Å². The average Bonchev–Trinajstić information content (AvgIpc) is 3.03. The third kappa shape index (κ3) is 3.60. The molecule has 0 radical (unpaired) electrons. The number of aryl methyl sites for hydroxylation is 3. The molecule has 2 atom stereocenters. The van der Waals surface area contributed by atoms with Crippen molar-refractivity contribution in [3.8, 4) is 0 Å². The highest BCUT2D eigenvalue weighted by Crippen LogP contribution is 2.34. The number of aromatic nitrogens is 3. The summed E-state index contributed by atoms with van der Waals surface area (Å²) in [5, 5.41) is 1.04. The van der Waals surface area contributed by atoms with E-state index in [1.165, 1.54) is 0 Å². The van der Waals surface area contributed by atoms with Crippen molar-refractivity contribution in [1.82, 2.24) is 19.9 Å². The van der Waals surface area contributed by atoms with Gasteiger partial charge in [-0.05, 0) is 76.8 Å². The number of nitrogens with zero attached hydrogens (tertiary/aromatic N) is 4. The first-order valence-corrected chi connectivity index (χ1v) is 10.4. The van der Waals surface area contributed by atoms with Crippen molar-refractivity contribution in [3.05, 3.63) is 51.7 Å². The van der Waals surface area contributed by atoms with Gasteiger partial charge in [0.1, 0.15) is 5.82 Å². The van der Waals surface area contributed by atoms with Crippen molar-refractivity contribution in [1.29, 1.82) is 0 Å². The third-order valence-corrected chi connectivity index (χ3v) is 6.46. The van der Waals surface area contributed by atoms with Gasteiger partial charge in [-0.2, -0.15) is 0 Å². The lowest BCUT2D eigenvalue weighted by Crippen LogP contribution is -2.37. The predicted octanol–water partition coefficient (Wildman–Crippen LogP) is 5.09. The Morgan fingerprint density at radius 3 is 2.81 bits per heavy atom. The Hall–Kier alpha value is -1.92. The Bertz CT molecular complexity index is 984. The summed E-state index contributed by atoms with van der Waals surface area (Å²) in [5.41, 5.74) is 4.08. The van der Waals surface area contributed by atoms with Crippen LogP contribution in [0.2, 0.25) is 0 Å². The molecule has 1 aliphatic rings. The molecule has 3 aromatic rings. The van der Waals surface area contributed by atoms with Gasteiger partial charge < -0.3 is 0 Å². The molecule has 0 amide bonds. The average molecular weight is 385 g/mol. The van der Waals surface area contributed by atoms with Crippen LogP contribution in [-0.2, 0) is 0 Å². The summed E-state index contributed by atoms with van der Waals surface area (Å²) < 4.78 is 15.8. The number of fused-ring (bicyclic) bond motifs is 1. The van der Waals surface area contributed by atoms with Crippen LogP contribution in [0.3, 0.4) is 0 Å². The normalized spacial score (nSPS) is 19.5. The first-order valence-electron chi connectivity index (χ1n) is 9.54. The van der Waals surface area contributed by atoms with Crippen LogP contribution in [0, 0.1) is 26.6 Å². The smallest absolute Gasteiger partial charge is 0.170 e. The number of pyridine rings is 2. The largest absolute Gasteiger partial charge is 0.294 e. The standard InChI is InChI=1S/C21H25FN4S/c1-12-10-17(20(22)13(2)23-12)16-6-5-9-26(11-16)14(3)18-7-8-19-21(25-18)24-15(4)27-19/h7-8,10,14,16H,5-6,9,11H2,1-4H3/t14-,16?/m1/s1. The molecule has 27 heavy (non-hydrogen) atoms. The summed E-state index contributed by atoms with van der Waals surface area (Å²) in [7, 11) is 0. The molecule has 0 aliphatic carbocycles. The molecule has 0 N–H and O–H groups in total. The van der Waals surface area contributed by atoms with Gasteiger partial charge in [-0.3, -0.25) is 9.88 Å². The van der Waals surface area contributed by atoms with Gasteiger partial charge >= 0.3 is 0 Å². The second kappa shape index (κ2) is 7.24. The van der Waals surface area contributed by atoms with E-state index in [0.29, 0.717) is 5.69 Å². The van der Waals surface area contributed by atoms with Crippen LogP contribution < -0.4 is 0 Å². The Kier molecular flexibility index (Phi) is 4.95. The minimum Gasteiger partial charge on any atom is -0.294 e. The minimum absolute atomic E-state index is 0.141. The third-order valence-electron chi connectivity index (χ3n) is 5.53. The van der Waals surface area contributed by atoms with Crippen LogP contribution in [0.5, 0.6) is 0 Å². The van der Waals surface area contributed by atoms with Gasteiger partial charge in [0.25, 0.3) is 0 Å². The van der Waals surface area contributed by atoms with E-state index < -0.39 is 0 Å². The molecule has 4 rings (SSSR count).